The molecule has 0 heterocycles. The second kappa shape index (κ2) is 7.24. The summed E-state index contributed by atoms with van der Waals surface area (Å²) in [6.07, 6.45) is 9.04. The van der Waals surface area contributed by atoms with Gasteiger partial charge in [-0.15, -0.1) is 0 Å². The lowest BCUT2D eigenvalue weighted by atomic mass is 9.79. The van der Waals surface area contributed by atoms with Crippen LogP contribution in [0.1, 0.15) is 40.7 Å². The average Bonchev–Trinajstić information content (AvgIpc) is 2.83. The molecule has 6 rings (SSSR count). The number of fused-ring (bicyclic) bond motifs is 5. The van der Waals surface area contributed by atoms with E-state index >= 15 is 0 Å². The first-order valence-electron chi connectivity index (χ1n) is 10.9. The summed E-state index contributed by atoms with van der Waals surface area (Å²) in [6, 6.07) is 24.0. The van der Waals surface area contributed by atoms with Gasteiger partial charge in [0.15, 0.2) is 0 Å². The van der Waals surface area contributed by atoms with E-state index in [1.165, 1.54) is 28.5 Å². The Morgan fingerprint density at radius 1 is 0.742 bits per heavy atom. The molecule has 0 N–H and O–H groups in total. The van der Waals surface area contributed by atoms with Gasteiger partial charge in [-0.25, -0.2) is 4.79 Å². The predicted octanol–water partition coefficient (Wildman–Crippen LogP) is 7.26. The van der Waals surface area contributed by atoms with Crippen molar-refractivity contribution in [3.63, 3.8) is 0 Å². The average molecular weight is 402 g/mol. The van der Waals surface area contributed by atoms with Crippen molar-refractivity contribution in [3.05, 3.63) is 107 Å². The number of carbonyl (C=O) groups excluding carboxylic acids is 1. The lowest BCUT2D eigenvalue weighted by molar-refractivity contribution is 0.0739. The molecule has 2 aliphatic rings. The van der Waals surface area contributed by atoms with Crippen LogP contribution in [0.5, 0.6) is 5.75 Å². The van der Waals surface area contributed by atoms with Crippen LogP contribution in [0.3, 0.4) is 0 Å². The molecule has 2 nitrogen and oxygen atoms in total. The molecule has 0 atom stereocenters. The molecule has 0 saturated carbocycles. The smallest absolute Gasteiger partial charge is 0.344 e. The first-order chi connectivity index (χ1) is 15.3. The Balaban J connectivity index is 1.43. The number of carbonyl (C=O) groups is 1. The first kappa shape index (κ1) is 18.1. The summed E-state index contributed by atoms with van der Waals surface area (Å²) in [7, 11) is 0. The van der Waals surface area contributed by atoms with Gasteiger partial charge in [-0.3, -0.25) is 0 Å². The molecule has 2 aliphatic carbocycles. The van der Waals surface area contributed by atoms with Gasteiger partial charge < -0.3 is 4.74 Å². The van der Waals surface area contributed by atoms with Crippen LogP contribution in [0.25, 0.3) is 27.1 Å². The zero-order chi connectivity index (χ0) is 20.8. The van der Waals surface area contributed by atoms with E-state index in [-0.39, 0.29) is 5.97 Å². The molecule has 0 saturated heterocycles. The van der Waals surface area contributed by atoms with Crippen molar-refractivity contribution >= 4 is 33.1 Å². The second-order valence-electron chi connectivity index (χ2n) is 8.32. The number of allylic oxidation sites excluding steroid dienone is 4. The molecule has 0 spiro atoms. The van der Waals surface area contributed by atoms with Gasteiger partial charge in [0.1, 0.15) is 5.75 Å². The maximum atomic E-state index is 13.1. The molecule has 0 unspecified atom stereocenters. The number of esters is 1. The molecule has 0 aromatic heterocycles. The van der Waals surface area contributed by atoms with E-state index in [9.17, 15) is 4.79 Å². The van der Waals surface area contributed by atoms with Crippen molar-refractivity contribution in [3.8, 4) is 5.75 Å². The van der Waals surface area contributed by atoms with Gasteiger partial charge in [0, 0.05) is 5.39 Å². The topological polar surface area (TPSA) is 26.3 Å². The molecular weight excluding hydrogens is 380 g/mol. The number of ether oxygens (including phenoxy) is 1. The Bertz CT molecular complexity index is 1420. The first-order valence-corrected chi connectivity index (χ1v) is 10.9. The van der Waals surface area contributed by atoms with E-state index in [1.807, 2.05) is 54.6 Å². The van der Waals surface area contributed by atoms with E-state index in [2.05, 4.69) is 30.4 Å². The molecule has 0 aliphatic heterocycles. The summed E-state index contributed by atoms with van der Waals surface area (Å²) in [5.41, 5.74) is 6.27. The summed E-state index contributed by atoms with van der Waals surface area (Å²) < 4.78 is 5.95. The largest absolute Gasteiger partial charge is 0.422 e. The van der Waals surface area contributed by atoms with Crippen molar-refractivity contribution in [2.75, 3.05) is 0 Å². The minimum absolute atomic E-state index is 0.317. The molecule has 31 heavy (non-hydrogen) atoms. The highest BCUT2D eigenvalue weighted by Crippen LogP contribution is 2.41. The third kappa shape index (κ3) is 2.98. The van der Waals surface area contributed by atoms with Crippen molar-refractivity contribution in [1.82, 2.24) is 0 Å². The summed E-state index contributed by atoms with van der Waals surface area (Å²) in [5, 5.41) is 4.13. The van der Waals surface area contributed by atoms with Gasteiger partial charge in [-0.1, -0.05) is 72.3 Å². The minimum atomic E-state index is -0.317. The highest BCUT2D eigenvalue weighted by Gasteiger charge is 2.22. The standard InChI is InChI=1S/C29H22O2/c30-29(27-13-5-9-19-7-1-4-11-22(19)27)31-28-14-6-12-23-25-16-15-20-8-2-3-10-21(20)24(25)17-18-26(23)28/h1,3-7,9-14,17-18H,2,8,15-16H2. The molecule has 0 fully saturated rings. The fraction of sp³-hybridized carbons (Fsp3) is 0.138. The monoisotopic (exact) mass is 402 g/mol. The molecule has 0 radical (unpaired) electrons. The van der Waals surface area contributed by atoms with Gasteiger partial charge in [0.25, 0.3) is 0 Å². The van der Waals surface area contributed by atoms with Gasteiger partial charge in [0.2, 0.25) is 0 Å². The third-order valence-electron chi connectivity index (χ3n) is 6.59. The van der Waals surface area contributed by atoms with Crippen LogP contribution in [0.2, 0.25) is 0 Å². The van der Waals surface area contributed by atoms with Gasteiger partial charge >= 0.3 is 5.97 Å². The molecule has 2 heteroatoms. The normalized spacial score (nSPS) is 15.1. The summed E-state index contributed by atoms with van der Waals surface area (Å²) >= 11 is 0. The SMILES string of the molecule is O=C(Oc1cccc2c3c(ccc12)C1=C(CCC=C1)CC3)c1cccc2ccccc12. The number of hydrogen-bond donors (Lipinski definition) is 0. The summed E-state index contributed by atoms with van der Waals surface area (Å²) in [4.78, 5) is 13.1. The van der Waals surface area contributed by atoms with Crippen LogP contribution < -0.4 is 4.74 Å². The van der Waals surface area contributed by atoms with E-state index in [0.29, 0.717) is 11.3 Å². The van der Waals surface area contributed by atoms with Crippen molar-refractivity contribution in [2.45, 2.75) is 25.7 Å². The van der Waals surface area contributed by atoms with Crippen LogP contribution >= 0.6 is 0 Å². The minimum Gasteiger partial charge on any atom is -0.422 e. The van der Waals surface area contributed by atoms with Crippen LogP contribution in [0.15, 0.2) is 90.5 Å². The maximum Gasteiger partial charge on any atom is 0.344 e. The molecule has 150 valence electrons. The Labute approximate surface area is 181 Å². The zero-order valence-electron chi connectivity index (χ0n) is 17.2. The Morgan fingerprint density at radius 2 is 1.58 bits per heavy atom. The van der Waals surface area contributed by atoms with Crippen molar-refractivity contribution in [2.24, 2.45) is 0 Å². The maximum absolute atomic E-state index is 13.1. The molecule has 4 aromatic carbocycles. The molecular formula is C29H22O2. The van der Waals surface area contributed by atoms with E-state index in [0.717, 1.165) is 35.4 Å². The summed E-state index contributed by atoms with van der Waals surface area (Å²) in [5.74, 6) is 0.305. The number of hydrogen-bond acceptors (Lipinski definition) is 2. The summed E-state index contributed by atoms with van der Waals surface area (Å²) in [6.45, 7) is 0. The number of aryl methyl sites for hydroxylation is 1. The number of benzene rings is 4. The zero-order valence-corrected chi connectivity index (χ0v) is 17.2. The second-order valence-corrected chi connectivity index (χ2v) is 8.32. The Hall–Kier alpha value is -3.65. The number of rotatable bonds is 2. The van der Waals surface area contributed by atoms with Crippen LogP contribution in [-0.2, 0) is 6.42 Å². The highest BCUT2D eigenvalue weighted by molar-refractivity contribution is 6.06. The lowest BCUT2D eigenvalue weighted by Gasteiger charge is -2.25. The third-order valence-corrected chi connectivity index (χ3v) is 6.59. The van der Waals surface area contributed by atoms with E-state index in [1.54, 1.807) is 5.57 Å². The van der Waals surface area contributed by atoms with Crippen LogP contribution in [-0.4, -0.2) is 5.97 Å². The quantitative estimate of drug-likeness (QED) is 0.260. The van der Waals surface area contributed by atoms with E-state index < -0.39 is 0 Å². The lowest BCUT2D eigenvalue weighted by Crippen LogP contribution is -2.10. The van der Waals surface area contributed by atoms with Gasteiger partial charge in [-0.2, -0.15) is 0 Å². The molecule has 4 aromatic rings. The van der Waals surface area contributed by atoms with E-state index in [4.69, 9.17) is 4.74 Å². The Morgan fingerprint density at radius 3 is 2.55 bits per heavy atom. The van der Waals surface area contributed by atoms with Crippen molar-refractivity contribution < 1.29 is 9.53 Å². The highest BCUT2D eigenvalue weighted by atomic mass is 16.5. The van der Waals surface area contributed by atoms with Crippen LogP contribution in [0, 0.1) is 0 Å². The molecule has 0 bridgehead atoms. The van der Waals surface area contributed by atoms with Gasteiger partial charge in [-0.05, 0) is 76.7 Å². The van der Waals surface area contributed by atoms with Gasteiger partial charge in [0.05, 0.1) is 5.56 Å². The fourth-order valence-corrected chi connectivity index (χ4v) is 5.09. The predicted molar refractivity (Wildman–Crippen MR) is 126 cm³/mol. The fourth-order valence-electron chi connectivity index (χ4n) is 5.09. The molecule has 0 amide bonds. The van der Waals surface area contributed by atoms with Crippen LogP contribution in [0.4, 0.5) is 0 Å². The van der Waals surface area contributed by atoms with Crippen molar-refractivity contribution in [1.29, 1.82) is 0 Å². The Kier molecular flexibility index (Phi) is 4.24.